The molecule has 4 nitrogen and oxygen atoms in total. The minimum atomic E-state index is -0.829. The highest BCUT2D eigenvalue weighted by Gasteiger charge is 2.26. The van der Waals surface area contributed by atoms with Gasteiger partial charge in [-0.3, -0.25) is 9.78 Å². The Bertz CT molecular complexity index is 612. The normalized spacial score (nSPS) is 12.8. The van der Waals surface area contributed by atoms with Crippen molar-refractivity contribution in [1.82, 2.24) is 4.98 Å². The summed E-state index contributed by atoms with van der Waals surface area (Å²) >= 11 is 0. The topological polar surface area (TPSA) is 68.0 Å². The van der Waals surface area contributed by atoms with Gasteiger partial charge in [-0.1, -0.05) is 25.5 Å². The van der Waals surface area contributed by atoms with Crippen molar-refractivity contribution in [3.8, 4) is 0 Å². The quantitative estimate of drug-likeness (QED) is 0.849. The third-order valence-corrected chi connectivity index (χ3v) is 3.66. The smallest absolute Gasteiger partial charge is 0.244 e. The molecular formula is C18H24ClN3O. The summed E-state index contributed by atoms with van der Waals surface area (Å²) in [6.45, 7) is 3.79. The minimum absolute atomic E-state index is 0. The predicted molar refractivity (Wildman–Crippen MR) is 96.9 cm³/mol. The molecule has 23 heavy (non-hydrogen) atoms. The fraction of sp³-hybridized carbons (Fsp3) is 0.333. The first-order valence-electron chi connectivity index (χ1n) is 7.59. The maximum Gasteiger partial charge on any atom is 0.244 e. The van der Waals surface area contributed by atoms with Crippen molar-refractivity contribution in [2.24, 2.45) is 5.73 Å². The fourth-order valence-corrected chi connectivity index (χ4v) is 2.35. The monoisotopic (exact) mass is 333 g/mol. The molecule has 0 aliphatic rings. The van der Waals surface area contributed by atoms with Crippen molar-refractivity contribution in [3.63, 3.8) is 0 Å². The molecule has 0 radical (unpaired) electrons. The van der Waals surface area contributed by atoms with E-state index in [1.54, 1.807) is 19.3 Å². The van der Waals surface area contributed by atoms with E-state index in [4.69, 9.17) is 5.73 Å². The molecule has 0 spiro atoms. The SMILES string of the molecule is CCCC(C)(N)C(=O)Nc1ccc(Cc2ccncc2)cc1.Cl. The average Bonchev–Trinajstić information content (AvgIpc) is 2.50. The van der Waals surface area contributed by atoms with Crippen molar-refractivity contribution in [1.29, 1.82) is 0 Å². The van der Waals surface area contributed by atoms with Crippen LogP contribution in [0.15, 0.2) is 48.8 Å². The maximum absolute atomic E-state index is 12.2. The number of nitrogens with zero attached hydrogens (tertiary/aromatic N) is 1. The maximum atomic E-state index is 12.2. The number of pyridine rings is 1. The van der Waals surface area contributed by atoms with E-state index in [9.17, 15) is 4.79 Å². The van der Waals surface area contributed by atoms with Crippen LogP contribution in [0.5, 0.6) is 0 Å². The molecule has 1 atom stereocenters. The van der Waals surface area contributed by atoms with Gasteiger partial charge in [0.2, 0.25) is 5.91 Å². The number of carbonyl (C=O) groups excluding carboxylic acids is 1. The molecule has 0 saturated heterocycles. The number of nitrogens with one attached hydrogen (secondary N) is 1. The Kier molecular flexibility index (Phi) is 7.20. The van der Waals surface area contributed by atoms with Gasteiger partial charge in [0.05, 0.1) is 5.54 Å². The van der Waals surface area contributed by atoms with E-state index >= 15 is 0 Å². The van der Waals surface area contributed by atoms with E-state index in [0.29, 0.717) is 6.42 Å². The van der Waals surface area contributed by atoms with Gasteiger partial charge in [-0.2, -0.15) is 0 Å². The zero-order valence-corrected chi connectivity index (χ0v) is 14.4. The van der Waals surface area contributed by atoms with E-state index in [-0.39, 0.29) is 18.3 Å². The second kappa shape index (κ2) is 8.65. The van der Waals surface area contributed by atoms with Gasteiger partial charge >= 0.3 is 0 Å². The molecule has 0 bridgehead atoms. The molecular weight excluding hydrogens is 310 g/mol. The molecule has 3 N–H and O–H groups in total. The van der Waals surface area contributed by atoms with Crippen LogP contribution in [0.4, 0.5) is 5.69 Å². The van der Waals surface area contributed by atoms with Crippen LogP contribution in [-0.4, -0.2) is 16.4 Å². The lowest BCUT2D eigenvalue weighted by molar-refractivity contribution is -0.120. The summed E-state index contributed by atoms with van der Waals surface area (Å²) < 4.78 is 0. The summed E-state index contributed by atoms with van der Waals surface area (Å²) in [6, 6.07) is 11.9. The van der Waals surface area contributed by atoms with E-state index in [1.807, 2.05) is 43.3 Å². The molecule has 2 aromatic rings. The number of rotatable bonds is 6. The molecule has 1 heterocycles. The number of carbonyl (C=O) groups is 1. The Balaban J connectivity index is 0.00000264. The van der Waals surface area contributed by atoms with Crippen LogP contribution in [-0.2, 0) is 11.2 Å². The first kappa shape index (κ1) is 19.1. The van der Waals surface area contributed by atoms with Gasteiger partial charge in [0.1, 0.15) is 0 Å². The molecule has 1 amide bonds. The summed E-state index contributed by atoms with van der Waals surface area (Å²) in [4.78, 5) is 16.2. The average molecular weight is 334 g/mol. The lowest BCUT2D eigenvalue weighted by atomic mass is 9.96. The van der Waals surface area contributed by atoms with Crippen LogP contribution in [0.25, 0.3) is 0 Å². The third-order valence-electron chi connectivity index (χ3n) is 3.66. The molecule has 0 fully saturated rings. The highest BCUT2D eigenvalue weighted by atomic mass is 35.5. The minimum Gasteiger partial charge on any atom is -0.325 e. The van der Waals surface area contributed by atoms with Gasteiger partial charge in [0.25, 0.3) is 0 Å². The summed E-state index contributed by atoms with van der Waals surface area (Å²) in [5.74, 6) is -0.142. The van der Waals surface area contributed by atoms with Crippen LogP contribution in [0, 0.1) is 0 Å². The van der Waals surface area contributed by atoms with E-state index in [2.05, 4.69) is 10.3 Å². The van der Waals surface area contributed by atoms with Gasteiger partial charge in [-0.15, -0.1) is 12.4 Å². The van der Waals surface area contributed by atoms with Gasteiger partial charge < -0.3 is 11.1 Å². The third kappa shape index (κ3) is 5.66. The zero-order chi connectivity index (χ0) is 16.0. The van der Waals surface area contributed by atoms with Crippen molar-refractivity contribution >= 4 is 24.0 Å². The number of nitrogens with two attached hydrogens (primary N) is 1. The molecule has 124 valence electrons. The number of hydrogen-bond acceptors (Lipinski definition) is 3. The molecule has 1 aromatic heterocycles. The number of hydrogen-bond donors (Lipinski definition) is 2. The Labute approximate surface area is 143 Å². The summed E-state index contributed by atoms with van der Waals surface area (Å²) in [5, 5.41) is 2.88. The number of halogens is 1. The van der Waals surface area contributed by atoms with E-state index in [1.165, 1.54) is 11.1 Å². The predicted octanol–water partition coefficient (Wildman–Crippen LogP) is 3.55. The molecule has 1 aromatic carbocycles. The van der Waals surface area contributed by atoms with Crippen LogP contribution < -0.4 is 11.1 Å². The molecule has 0 saturated carbocycles. The molecule has 0 aliphatic carbocycles. The van der Waals surface area contributed by atoms with Gasteiger partial charge in [-0.25, -0.2) is 0 Å². The summed E-state index contributed by atoms with van der Waals surface area (Å²) in [5.41, 5.74) is 8.38. The highest BCUT2D eigenvalue weighted by Crippen LogP contribution is 2.16. The zero-order valence-electron chi connectivity index (χ0n) is 13.6. The number of amides is 1. The van der Waals surface area contributed by atoms with Gasteiger partial charge in [-0.05, 0) is 55.2 Å². The lowest BCUT2D eigenvalue weighted by Crippen LogP contribution is -2.48. The Hall–Kier alpha value is -1.91. The Morgan fingerprint density at radius 2 is 1.70 bits per heavy atom. The second-order valence-corrected chi connectivity index (χ2v) is 5.85. The fourth-order valence-electron chi connectivity index (χ4n) is 2.35. The molecule has 0 aliphatic heterocycles. The van der Waals surface area contributed by atoms with Gasteiger partial charge in [0.15, 0.2) is 0 Å². The van der Waals surface area contributed by atoms with Gasteiger partial charge in [0, 0.05) is 18.1 Å². The van der Waals surface area contributed by atoms with E-state index < -0.39 is 5.54 Å². The number of benzene rings is 1. The van der Waals surface area contributed by atoms with Crippen molar-refractivity contribution in [2.75, 3.05) is 5.32 Å². The standard InChI is InChI=1S/C18H23N3O.ClH/c1-3-10-18(2,19)17(22)21-16-6-4-14(5-7-16)13-15-8-11-20-12-9-15;/h4-9,11-12H,3,10,13,19H2,1-2H3,(H,21,22);1H. The largest absolute Gasteiger partial charge is 0.325 e. The van der Waals surface area contributed by atoms with Crippen LogP contribution in [0.2, 0.25) is 0 Å². The highest BCUT2D eigenvalue weighted by molar-refractivity contribution is 5.97. The van der Waals surface area contributed by atoms with Crippen molar-refractivity contribution in [3.05, 3.63) is 59.9 Å². The van der Waals surface area contributed by atoms with Crippen LogP contribution >= 0.6 is 12.4 Å². The van der Waals surface area contributed by atoms with Crippen molar-refractivity contribution < 1.29 is 4.79 Å². The number of anilines is 1. The van der Waals surface area contributed by atoms with Crippen molar-refractivity contribution in [2.45, 2.75) is 38.6 Å². The van der Waals surface area contributed by atoms with Crippen LogP contribution in [0.1, 0.15) is 37.8 Å². The van der Waals surface area contributed by atoms with Crippen LogP contribution in [0.3, 0.4) is 0 Å². The second-order valence-electron chi connectivity index (χ2n) is 5.85. The Morgan fingerprint density at radius 1 is 1.13 bits per heavy atom. The first-order chi connectivity index (χ1) is 10.5. The first-order valence-corrected chi connectivity index (χ1v) is 7.59. The lowest BCUT2D eigenvalue weighted by Gasteiger charge is -2.22. The Morgan fingerprint density at radius 3 is 2.26 bits per heavy atom. The molecule has 5 heteroatoms. The summed E-state index contributed by atoms with van der Waals surface area (Å²) in [7, 11) is 0. The molecule has 1 unspecified atom stereocenters. The van der Waals surface area contributed by atoms with E-state index in [0.717, 1.165) is 18.5 Å². The molecule has 2 rings (SSSR count). The summed E-state index contributed by atoms with van der Waals surface area (Å²) in [6.07, 6.45) is 5.98. The number of aromatic nitrogens is 1.